The van der Waals surface area contributed by atoms with Gasteiger partial charge in [-0.25, -0.2) is 0 Å². The first kappa shape index (κ1) is 17.5. The summed E-state index contributed by atoms with van der Waals surface area (Å²) in [5.41, 5.74) is 5.30. The van der Waals surface area contributed by atoms with Crippen molar-refractivity contribution in [1.29, 1.82) is 0 Å². The Hall–Kier alpha value is -2.84. The lowest BCUT2D eigenvalue weighted by atomic mass is 9.97. The summed E-state index contributed by atoms with van der Waals surface area (Å²) >= 11 is 0. The van der Waals surface area contributed by atoms with Crippen molar-refractivity contribution in [2.45, 2.75) is 12.8 Å². The maximum absolute atomic E-state index is 12.2. The fourth-order valence-corrected chi connectivity index (χ4v) is 2.58. The summed E-state index contributed by atoms with van der Waals surface area (Å²) in [6.07, 6.45) is 1.08. The second kappa shape index (κ2) is 7.62. The summed E-state index contributed by atoms with van der Waals surface area (Å²) < 4.78 is 10.0. The first-order valence-electron chi connectivity index (χ1n) is 7.45. The van der Waals surface area contributed by atoms with E-state index in [1.165, 1.54) is 25.3 Å². The van der Waals surface area contributed by atoms with E-state index in [-0.39, 0.29) is 41.5 Å². The van der Waals surface area contributed by atoms with Crippen LogP contribution in [0.15, 0.2) is 18.2 Å². The molecule has 2 rings (SSSR count). The number of amides is 1. The van der Waals surface area contributed by atoms with Gasteiger partial charge in [0.15, 0.2) is 12.3 Å². The average Bonchev–Trinajstić information content (AvgIpc) is 2.59. The van der Waals surface area contributed by atoms with Crippen molar-refractivity contribution >= 4 is 23.3 Å². The molecule has 1 aromatic rings. The second-order valence-electron chi connectivity index (χ2n) is 5.41. The molecule has 9 heteroatoms. The van der Waals surface area contributed by atoms with Crippen LogP contribution in [0.1, 0.15) is 12.8 Å². The second-order valence-corrected chi connectivity index (χ2v) is 5.41. The van der Waals surface area contributed by atoms with Gasteiger partial charge in [-0.3, -0.25) is 19.7 Å². The number of benzene rings is 1. The standard InChI is InChI=1S/C15H19N3O6/c1-23-15(20)10-5-7-17(8-6-10)13(19)9-24-12-4-2-3-11(14(12)16)18(21)22/h2-4,10H,5-9,16H2,1H3. The number of rotatable bonds is 5. The van der Waals surface area contributed by atoms with Gasteiger partial charge in [-0.15, -0.1) is 0 Å². The minimum absolute atomic E-state index is 0.0991. The van der Waals surface area contributed by atoms with E-state index in [2.05, 4.69) is 0 Å². The average molecular weight is 337 g/mol. The zero-order valence-electron chi connectivity index (χ0n) is 13.3. The molecule has 0 aliphatic carbocycles. The first-order chi connectivity index (χ1) is 11.4. The van der Waals surface area contributed by atoms with Crippen molar-refractivity contribution in [2.24, 2.45) is 5.92 Å². The topological polar surface area (TPSA) is 125 Å². The summed E-state index contributed by atoms with van der Waals surface area (Å²) in [4.78, 5) is 35.4. The van der Waals surface area contributed by atoms with Crippen molar-refractivity contribution in [3.8, 4) is 5.75 Å². The Morgan fingerprint density at radius 3 is 2.62 bits per heavy atom. The highest BCUT2D eigenvalue weighted by atomic mass is 16.6. The van der Waals surface area contributed by atoms with Gasteiger partial charge in [-0.1, -0.05) is 6.07 Å². The van der Waals surface area contributed by atoms with Gasteiger partial charge in [0.25, 0.3) is 11.6 Å². The van der Waals surface area contributed by atoms with Crippen LogP contribution in [0.2, 0.25) is 0 Å². The molecule has 130 valence electrons. The van der Waals surface area contributed by atoms with Gasteiger partial charge in [0.1, 0.15) is 5.75 Å². The van der Waals surface area contributed by atoms with Crippen LogP contribution in [0.4, 0.5) is 11.4 Å². The maximum Gasteiger partial charge on any atom is 0.308 e. The molecule has 0 spiro atoms. The van der Waals surface area contributed by atoms with E-state index >= 15 is 0 Å². The Labute approximate surface area is 138 Å². The predicted molar refractivity (Wildman–Crippen MR) is 84.3 cm³/mol. The molecule has 0 saturated carbocycles. The highest BCUT2D eigenvalue weighted by Gasteiger charge is 2.28. The molecule has 1 saturated heterocycles. The SMILES string of the molecule is COC(=O)C1CCN(C(=O)COc2cccc([N+](=O)[O-])c2N)CC1. The molecule has 9 nitrogen and oxygen atoms in total. The number of anilines is 1. The van der Waals surface area contributed by atoms with Crippen molar-refractivity contribution in [1.82, 2.24) is 4.90 Å². The summed E-state index contributed by atoms with van der Waals surface area (Å²) in [6, 6.07) is 4.18. The molecular formula is C15H19N3O6. The van der Waals surface area contributed by atoms with Gasteiger partial charge in [0.2, 0.25) is 0 Å². The Bertz CT molecular complexity index is 640. The lowest BCUT2D eigenvalue weighted by Gasteiger charge is -2.30. The summed E-state index contributed by atoms with van der Waals surface area (Å²) in [7, 11) is 1.34. The largest absolute Gasteiger partial charge is 0.481 e. The molecule has 0 radical (unpaired) electrons. The molecule has 1 amide bonds. The van der Waals surface area contributed by atoms with E-state index in [0.717, 1.165) is 0 Å². The number of ether oxygens (including phenoxy) is 2. The number of esters is 1. The molecule has 0 unspecified atom stereocenters. The number of hydrogen-bond acceptors (Lipinski definition) is 7. The number of carbonyl (C=O) groups excluding carboxylic acids is 2. The van der Waals surface area contributed by atoms with Crippen LogP contribution >= 0.6 is 0 Å². The molecular weight excluding hydrogens is 318 g/mol. The summed E-state index contributed by atoms with van der Waals surface area (Å²) in [5.74, 6) is -0.610. The number of methoxy groups -OCH3 is 1. The number of nitrogens with zero attached hydrogens (tertiary/aromatic N) is 2. The maximum atomic E-state index is 12.2. The quantitative estimate of drug-likeness (QED) is 0.367. The number of nitrogen functional groups attached to an aromatic ring is 1. The highest BCUT2D eigenvalue weighted by molar-refractivity contribution is 5.79. The van der Waals surface area contributed by atoms with Crippen LogP contribution in [0.5, 0.6) is 5.75 Å². The fourth-order valence-electron chi connectivity index (χ4n) is 2.58. The fraction of sp³-hybridized carbons (Fsp3) is 0.467. The zero-order valence-corrected chi connectivity index (χ0v) is 13.3. The third-order valence-corrected chi connectivity index (χ3v) is 3.97. The van der Waals surface area contributed by atoms with Crippen molar-refractivity contribution in [3.05, 3.63) is 28.3 Å². The first-order valence-corrected chi connectivity index (χ1v) is 7.45. The van der Waals surface area contributed by atoms with Crippen LogP contribution in [-0.4, -0.2) is 48.5 Å². The number of nitro groups is 1. The predicted octanol–water partition coefficient (Wildman–Crippen LogP) is 0.967. The van der Waals surface area contributed by atoms with Crippen LogP contribution in [0.3, 0.4) is 0 Å². The van der Waals surface area contributed by atoms with Gasteiger partial charge in [-0.2, -0.15) is 0 Å². The Morgan fingerprint density at radius 2 is 2.04 bits per heavy atom. The van der Waals surface area contributed by atoms with Gasteiger partial charge < -0.3 is 20.1 Å². The van der Waals surface area contributed by atoms with Crippen LogP contribution in [0.25, 0.3) is 0 Å². The van der Waals surface area contributed by atoms with E-state index < -0.39 is 4.92 Å². The van der Waals surface area contributed by atoms with E-state index in [1.54, 1.807) is 4.90 Å². The van der Waals surface area contributed by atoms with Crippen molar-refractivity contribution in [2.75, 3.05) is 32.5 Å². The molecule has 2 N–H and O–H groups in total. The number of nitro benzene ring substituents is 1. The normalized spacial score (nSPS) is 15.0. The van der Waals surface area contributed by atoms with E-state index in [9.17, 15) is 19.7 Å². The Balaban J connectivity index is 1.89. The minimum Gasteiger partial charge on any atom is -0.481 e. The number of carbonyl (C=O) groups is 2. The third-order valence-electron chi connectivity index (χ3n) is 3.97. The highest BCUT2D eigenvalue weighted by Crippen LogP contribution is 2.30. The molecule has 0 bridgehead atoms. The number of piperidine rings is 1. The molecule has 1 aliphatic rings. The molecule has 0 aromatic heterocycles. The minimum atomic E-state index is -0.610. The lowest BCUT2D eigenvalue weighted by Crippen LogP contribution is -2.42. The van der Waals surface area contributed by atoms with Crippen LogP contribution in [-0.2, 0) is 14.3 Å². The molecule has 0 atom stereocenters. The molecule has 1 fully saturated rings. The third kappa shape index (κ3) is 3.92. The van der Waals surface area contributed by atoms with Crippen LogP contribution in [0, 0.1) is 16.0 Å². The molecule has 24 heavy (non-hydrogen) atoms. The zero-order chi connectivity index (χ0) is 17.7. The van der Waals surface area contributed by atoms with E-state index in [0.29, 0.717) is 25.9 Å². The van der Waals surface area contributed by atoms with E-state index in [1.807, 2.05) is 0 Å². The van der Waals surface area contributed by atoms with Crippen molar-refractivity contribution in [3.63, 3.8) is 0 Å². The number of nitrogens with two attached hydrogens (primary N) is 1. The Morgan fingerprint density at radius 1 is 1.38 bits per heavy atom. The van der Waals surface area contributed by atoms with Gasteiger partial charge >= 0.3 is 5.97 Å². The van der Waals surface area contributed by atoms with Gasteiger partial charge in [0, 0.05) is 19.2 Å². The summed E-state index contributed by atoms with van der Waals surface area (Å²) in [5, 5.41) is 10.8. The summed E-state index contributed by atoms with van der Waals surface area (Å²) in [6.45, 7) is 0.604. The van der Waals surface area contributed by atoms with Crippen LogP contribution < -0.4 is 10.5 Å². The monoisotopic (exact) mass is 337 g/mol. The number of para-hydroxylation sites is 1. The lowest BCUT2D eigenvalue weighted by molar-refractivity contribution is -0.384. The Kier molecular flexibility index (Phi) is 5.56. The number of hydrogen-bond donors (Lipinski definition) is 1. The van der Waals surface area contributed by atoms with Gasteiger partial charge in [0.05, 0.1) is 18.0 Å². The van der Waals surface area contributed by atoms with Crippen molar-refractivity contribution < 1.29 is 24.0 Å². The molecule has 1 aromatic carbocycles. The van der Waals surface area contributed by atoms with Gasteiger partial charge in [-0.05, 0) is 18.9 Å². The van der Waals surface area contributed by atoms with E-state index in [4.69, 9.17) is 15.2 Å². The smallest absolute Gasteiger partial charge is 0.308 e. The number of likely N-dealkylation sites (tertiary alicyclic amines) is 1. The molecule has 1 aliphatic heterocycles. The molecule has 1 heterocycles.